The van der Waals surface area contributed by atoms with Gasteiger partial charge in [-0.05, 0) is 86.9 Å². The normalized spacial score (nSPS) is 18.4. The molecule has 0 spiro atoms. The van der Waals surface area contributed by atoms with Crippen LogP contribution >= 0.6 is 0 Å². The highest BCUT2D eigenvalue weighted by atomic mass is 14.2. The predicted octanol–water partition coefficient (Wildman–Crippen LogP) is 1.81. The van der Waals surface area contributed by atoms with Gasteiger partial charge in [0.1, 0.15) is 0 Å². The molecule has 0 aromatic carbocycles. The molecule has 0 aromatic rings. The van der Waals surface area contributed by atoms with E-state index in [0.717, 1.165) is 11.8 Å². The predicted molar refractivity (Wildman–Crippen MR) is 72.0 cm³/mol. The van der Waals surface area contributed by atoms with Crippen LogP contribution in [0.15, 0.2) is 0 Å². The van der Waals surface area contributed by atoms with E-state index in [9.17, 15) is 0 Å². The molecule has 0 heterocycles. The van der Waals surface area contributed by atoms with Gasteiger partial charge in [-0.15, -0.1) is 0 Å². The van der Waals surface area contributed by atoms with Crippen LogP contribution in [0, 0.1) is 111 Å². The molecule has 10 radical (unpaired) electrons. The zero-order valence-corrected chi connectivity index (χ0v) is 9.62. The minimum atomic E-state index is 0.966. The van der Waals surface area contributed by atoms with Crippen LogP contribution in [0.2, 0.25) is 0 Å². The Bertz CT molecular complexity index is 445. The molecule has 2 rings (SSSR count). The molecule has 2 fully saturated rings. The lowest BCUT2D eigenvalue weighted by molar-refractivity contribution is 1.43. The summed E-state index contributed by atoms with van der Waals surface area (Å²) in [4.78, 5) is 0. The van der Waals surface area contributed by atoms with Crippen molar-refractivity contribution in [3.05, 3.63) is 63.2 Å². The Morgan fingerprint density at radius 3 is 1.17 bits per heavy atom. The zero-order chi connectivity index (χ0) is 12.5. The average molecular weight is 224 g/mol. The summed E-state index contributed by atoms with van der Waals surface area (Å²) >= 11 is 0. The van der Waals surface area contributed by atoms with Crippen LogP contribution in [0.5, 0.6) is 0 Å². The summed E-state index contributed by atoms with van der Waals surface area (Å²) in [5, 5.41) is 0. The summed E-state index contributed by atoms with van der Waals surface area (Å²) in [7, 11) is 0. The highest BCUT2D eigenvalue weighted by Gasteiger charge is 2.14. The Labute approximate surface area is 111 Å². The summed E-state index contributed by atoms with van der Waals surface area (Å²) in [6, 6.07) is 0. The van der Waals surface area contributed by atoms with E-state index in [-0.39, 0.29) is 0 Å². The van der Waals surface area contributed by atoms with Crippen molar-refractivity contribution in [2.24, 2.45) is 0 Å². The first-order valence-electron chi connectivity index (χ1n) is 5.40. The first-order chi connectivity index (χ1) is 8.95. The van der Waals surface area contributed by atoms with E-state index in [2.05, 4.69) is 47.4 Å². The standard InChI is InChI=1S/C18H8/c1(3-5-11-17-13-7-8-14-17)2-4-6-12-18-15-9-10-16-18/h7-10,13-16H. The maximum absolute atomic E-state index is 2.91. The van der Waals surface area contributed by atoms with E-state index < -0.39 is 0 Å². The highest BCUT2D eigenvalue weighted by molar-refractivity contribution is 5.52. The summed E-state index contributed by atoms with van der Waals surface area (Å²) in [5.74, 6) is 23.8. The van der Waals surface area contributed by atoms with Gasteiger partial charge in [0.2, 0.25) is 0 Å². The molecule has 0 amide bonds. The smallest absolute Gasteiger partial charge is 0.0564 e. The van der Waals surface area contributed by atoms with Crippen LogP contribution in [0.25, 0.3) is 0 Å². The van der Waals surface area contributed by atoms with E-state index in [0.29, 0.717) is 0 Å². The second-order valence-electron chi connectivity index (χ2n) is 3.35. The van der Waals surface area contributed by atoms with Crippen molar-refractivity contribution in [1.82, 2.24) is 0 Å². The average Bonchev–Trinajstić information content (AvgIpc) is 3.05. The molecular weight excluding hydrogens is 216 g/mol. The van der Waals surface area contributed by atoms with Crippen LogP contribution < -0.4 is 0 Å². The van der Waals surface area contributed by atoms with E-state index in [1.807, 2.05) is 51.4 Å². The highest BCUT2D eigenvalue weighted by Crippen LogP contribution is 2.21. The number of hydrogen-bond acceptors (Lipinski definition) is 0. The lowest BCUT2D eigenvalue weighted by Gasteiger charge is -1.90. The Morgan fingerprint density at radius 1 is 0.444 bits per heavy atom. The van der Waals surface area contributed by atoms with Crippen LogP contribution in [-0.2, 0) is 0 Å². The van der Waals surface area contributed by atoms with Crippen LogP contribution in [0.3, 0.4) is 0 Å². The molecule has 2 aliphatic carbocycles. The fourth-order valence-corrected chi connectivity index (χ4v) is 1.25. The molecule has 0 aliphatic heterocycles. The van der Waals surface area contributed by atoms with Crippen molar-refractivity contribution < 1.29 is 0 Å². The van der Waals surface area contributed by atoms with Crippen molar-refractivity contribution in [2.45, 2.75) is 0 Å². The van der Waals surface area contributed by atoms with Gasteiger partial charge in [0.05, 0.1) is 11.8 Å². The minimum Gasteiger partial charge on any atom is -0.0800 e. The van der Waals surface area contributed by atoms with Gasteiger partial charge in [0.15, 0.2) is 0 Å². The lowest BCUT2D eigenvalue weighted by Crippen LogP contribution is -1.83. The van der Waals surface area contributed by atoms with Crippen LogP contribution in [-0.4, -0.2) is 0 Å². The van der Waals surface area contributed by atoms with Crippen molar-refractivity contribution in [3.63, 3.8) is 0 Å². The fraction of sp³-hybridized carbons (Fsp3) is 0. The summed E-state index contributed by atoms with van der Waals surface area (Å²) < 4.78 is 0. The Kier molecular flexibility index (Phi) is 5.32. The fourth-order valence-electron chi connectivity index (χ4n) is 1.25. The van der Waals surface area contributed by atoms with E-state index in [4.69, 9.17) is 0 Å². The van der Waals surface area contributed by atoms with Crippen LogP contribution in [0.4, 0.5) is 0 Å². The van der Waals surface area contributed by atoms with E-state index in [1.165, 1.54) is 0 Å². The largest absolute Gasteiger partial charge is 0.0800 e. The van der Waals surface area contributed by atoms with Crippen molar-refractivity contribution in [3.8, 4) is 47.4 Å². The Balaban J connectivity index is 1.73. The molecule has 0 nitrogen and oxygen atoms in total. The molecule has 0 heteroatoms. The monoisotopic (exact) mass is 224 g/mol. The molecule has 0 bridgehead atoms. The van der Waals surface area contributed by atoms with Crippen molar-refractivity contribution in [2.75, 3.05) is 0 Å². The molecule has 18 heavy (non-hydrogen) atoms. The maximum atomic E-state index is 2.91. The number of hydrogen-bond donors (Lipinski definition) is 0. The third-order valence-corrected chi connectivity index (χ3v) is 2.05. The topological polar surface area (TPSA) is 0 Å². The summed E-state index contributed by atoms with van der Waals surface area (Å²) in [6.45, 7) is 0. The van der Waals surface area contributed by atoms with Gasteiger partial charge in [0.25, 0.3) is 0 Å². The first-order valence-corrected chi connectivity index (χ1v) is 5.40. The first kappa shape index (κ1) is 12.7. The van der Waals surface area contributed by atoms with Gasteiger partial charge in [-0.1, -0.05) is 11.8 Å². The molecule has 0 aromatic heterocycles. The maximum Gasteiger partial charge on any atom is 0.0564 e. The van der Waals surface area contributed by atoms with Crippen LogP contribution in [0.1, 0.15) is 0 Å². The van der Waals surface area contributed by atoms with Gasteiger partial charge in [0, 0.05) is 0 Å². The Hall–Kier alpha value is -1.76. The second-order valence-corrected chi connectivity index (χ2v) is 3.35. The van der Waals surface area contributed by atoms with Gasteiger partial charge >= 0.3 is 0 Å². The Morgan fingerprint density at radius 2 is 0.778 bits per heavy atom. The third-order valence-electron chi connectivity index (χ3n) is 2.05. The van der Waals surface area contributed by atoms with Crippen molar-refractivity contribution in [1.29, 1.82) is 0 Å². The molecule has 0 N–H and O–H groups in total. The molecule has 0 atom stereocenters. The molecule has 0 saturated heterocycles. The molecule has 0 unspecified atom stereocenters. The molecule has 2 aliphatic rings. The second kappa shape index (κ2) is 7.54. The van der Waals surface area contributed by atoms with E-state index >= 15 is 0 Å². The lowest BCUT2D eigenvalue weighted by atomic mass is 10.1. The summed E-state index contributed by atoms with van der Waals surface area (Å²) in [5.41, 5.74) is 0. The van der Waals surface area contributed by atoms with Gasteiger partial charge < -0.3 is 0 Å². The molecule has 80 valence electrons. The molecular formula is C18H8. The van der Waals surface area contributed by atoms with Crippen molar-refractivity contribution >= 4 is 0 Å². The quantitative estimate of drug-likeness (QED) is 0.550. The third kappa shape index (κ3) is 4.62. The molecule has 2 saturated carbocycles. The van der Waals surface area contributed by atoms with Gasteiger partial charge in [-0.25, -0.2) is 0 Å². The number of rotatable bonds is 0. The SMILES string of the molecule is C(C#CC#C[C]1[CH][CH][CH][CH]1)#CC#C[C]1[CH][CH][CH][CH]1. The van der Waals surface area contributed by atoms with Gasteiger partial charge in [-0.3, -0.25) is 0 Å². The van der Waals surface area contributed by atoms with E-state index in [1.54, 1.807) is 0 Å². The minimum absolute atomic E-state index is 0.966. The zero-order valence-electron chi connectivity index (χ0n) is 9.62. The van der Waals surface area contributed by atoms with Gasteiger partial charge in [-0.2, -0.15) is 0 Å². The summed E-state index contributed by atoms with van der Waals surface area (Å²) in [6.07, 6.45) is 15.5.